The summed E-state index contributed by atoms with van der Waals surface area (Å²) >= 11 is 0. The molecular formula is C38H30CrN6NaO10S2. The van der Waals surface area contributed by atoms with Crippen molar-refractivity contribution in [1.82, 2.24) is 0 Å². The molecule has 1 radical (unpaired) electrons. The second-order valence-electron chi connectivity index (χ2n) is 12.2. The molecule has 0 saturated carbocycles. The molecule has 0 aliphatic carbocycles. The van der Waals surface area contributed by atoms with E-state index in [1.54, 1.807) is 48.5 Å². The number of carbonyl (C=O) groups excluding carboxylic acids is 2. The maximum Gasteiger partial charge on any atom is 3.00 e. The van der Waals surface area contributed by atoms with Gasteiger partial charge in [-0.25, -0.2) is 16.8 Å². The van der Waals surface area contributed by atoms with Crippen LogP contribution in [0.3, 0.4) is 0 Å². The standard InChI is InChI=1S/2C19H17N3O5S.Cr.Na/c2*1-11(23)20-14-5-3-4-12-6-8-17(25)19(18(12)14)22-21-15-10-13(28(2,26)27)7-9-16(15)24;;/h2*3-10,24-25H,1-2H3,(H,20,23);;/q;;+3;+1/p-4. The number of amides is 2. The molecule has 0 heterocycles. The van der Waals surface area contributed by atoms with Gasteiger partial charge in [-0.2, -0.15) is 20.5 Å². The van der Waals surface area contributed by atoms with Gasteiger partial charge < -0.3 is 31.1 Å². The van der Waals surface area contributed by atoms with Gasteiger partial charge in [-0.1, -0.05) is 83.7 Å². The van der Waals surface area contributed by atoms with Crippen LogP contribution in [0.15, 0.2) is 127 Å². The number of nitrogens with one attached hydrogen (secondary N) is 2. The van der Waals surface area contributed by atoms with E-state index >= 15 is 0 Å². The van der Waals surface area contributed by atoms with Crippen molar-refractivity contribution in [2.24, 2.45) is 20.5 Å². The summed E-state index contributed by atoms with van der Waals surface area (Å²) in [5.41, 5.74) is 0.206. The van der Waals surface area contributed by atoms with Gasteiger partial charge in [0.05, 0.1) is 43.9 Å². The average Bonchev–Trinajstić information content (AvgIpc) is 3.11. The fraction of sp³-hybridized carbons (Fsp3) is 0.105. The van der Waals surface area contributed by atoms with E-state index in [9.17, 15) is 46.9 Å². The van der Waals surface area contributed by atoms with Gasteiger partial charge in [-0.05, 0) is 47.2 Å². The third-order valence-corrected chi connectivity index (χ3v) is 10.0. The van der Waals surface area contributed by atoms with Crippen molar-refractivity contribution in [2.75, 3.05) is 23.1 Å². The predicted molar refractivity (Wildman–Crippen MR) is 202 cm³/mol. The first-order chi connectivity index (χ1) is 26.3. The van der Waals surface area contributed by atoms with Crippen LogP contribution in [-0.4, -0.2) is 41.2 Å². The molecule has 0 unspecified atom stereocenters. The van der Waals surface area contributed by atoms with Crippen LogP contribution in [-0.2, 0) is 46.6 Å². The number of carbonyl (C=O) groups is 2. The van der Waals surface area contributed by atoms with E-state index in [1.165, 1.54) is 38.1 Å². The van der Waals surface area contributed by atoms with Crippen LogP contribution in [0.4, 0.5) is 34.1 Å². The van der Waals surface area contributed by atoms with Crippen LogP contribution in [0.25, 0.3) is 21.5 Å². The maximum absolute atomic E-state index is 12.4. The van der Waals surface area contributed by atoms with Crippen LogP contribution in [0.2, 0.25) is 0 Å². The number of hydrogen-bond donors (Lipinski definition) is 2. The largest absolute Gasteiger partial charge is 3.00 e. The van der Waals surface area contributed by atoms with Crippen molar-refractivity contribution < 1.29 is 93.8 Å². The van der Waals surface area contributed by atoms with E-state index in [0.717, 1.165) is 36.8 Å². The number of azo groups is 2. The van der Waals surface area contributed by atoms with E-state index in [-0.39, 0.29) is 91.3 Å². The zero-order chi connectivity index (χ0) is 40.9. The summed E-state index contributed by atoms with van der Waals surface area (Å²) in [4.78, 5) is 22.8. The molecule has 6 aromatic rings. The third kappa shape index (κ3) is 11.4. The molecule has 291 valence electrons. The minimum atomic E-state index is -3.54. The molecule has 20 heteroatoms. The Morgan fingerprint density at radius 1 is 0.517 bits per heavy atom. The quantitative estimate of drug-likeness (QED) is 0.167. The van der Waals surface area contributed by atoms with Crippen LogP contribution in [0.5, 0.6) is 23.0 Å². The molecule has 0 aliphatic rings. The summed E-state index contributed by atoms with van der Waals surface area (Å²) in [6.45, 7) is 2.67. The number of anilines is 2. The molecule has 2 amide bonds. The molecule has 0 spiro atoms. The first-order valence-electron chi connectivity index (χ1n) is 16.2. The van der Waals surface area contributed by atoms with Crippen LogP contribution < -0.4 is 60.6 Å². The minimum absolute atomic E-state index is 0. The van der Waals surface area contributed by atoms with Gasteiger partial charge in [0.1, 0.15) is 0 Å². The molecule has 0 aromatic heterocycles. The summed E-state index contributed by atoms with van der Waals surface area (Å²) in [6, 6.07) is 22.6. The zero-order valence-corrected chi connectivity index (χ0v) is 36.2. The summed E-state index contributed by atoms with van der Waals surface area (Å²) in [6.07, 6.45) is 2.02. The van der Waals surface area contributed by atoms with Crippen molar-refractivity contribution in [3.05, 3.63) is 97.1 Å². The Kier molecular flexibility index (Phi) is 15.7. The van der Waals surface area contributed by atoms with Gasteiger partial charge in [0.15, 0.2) is 19.7 Å². The Morgan fingerprint density at radius 3 is 1.19 bits per heavy atom. The minimum Gasteiger partial charge on any atom is -0.871 e. The number of benzene rings is 6. The van der Waals surface area contributed by atoms with E-state index in [4.69, 9.17) is 0 Å². The fourth-order valence-electron chi connectivity index (χ4n) is 5.29. The van der Waals surface area contributed by atoms with Crippen molar-refractivity contribution in [3.8, 4) is 23.0 Å². The Bertz CT molecular complexity index is 2650. The number of sulfone groups is 2. The van der Waals surface area contributed by atoms with E-state index in [1.807, 2.05) is 0 Å². The number of rotatable bonds is 8. The molecule has 0 saturated heterocycles. The average molecular weight is 870 g/mol. The SMILES string of the molecule is CC(=O)Nc1cccc2ccc([O-])c(N=Nc3cc(S(C)(=O)=O)ccc3[O-])c12.CC(=O)Nc1cccc2ccc([O-])c(N=Nc3cc(S(C)(=O)=O)ccc3[O-])c12.[Cr+3].[Na+]. The monoisotopic (exact) mass is 869 g/mol. The number of nitrogens with zero attached hydrogens (tertiary/aromatic N) is 4. The van der Waals surface area contributed by atoms with Gasteiger partial charge in [-0.3, -0.25) is 9.59 Å². The molecule has 6 rings (SSSR count). The van der Waals surface area contributed by atoms with Crippen LogP contribution in [0.1, 0.15) is 13.8 Å². The summed E-state index contributed by atoms with van der Waals surface area (Å²) in [7, 11) is -7.08. The van der Waals surface area contributed by atoms with E-state index in [2.05, 4.69) is 31.1 Å². The van der Waals surface area contributed by atoms with Crippen molar-refractivity contribution >= 4 is 87.2 Å². The molecule has 0 fully saturated rings. The summed E-state index contributed by atoms with van der Waals surface area (Å²) in [5, 5.41) is 71.5. The first-order valence-corrected chi connectivity index (χ1v) is 20.0. The summed E-state index contributed by atoms with van der Waals surface area (Å²) in [5.74, 6) is -2.64. The molecule has 58 heavy (non-hydrogen) atoms. The topological polar surface area (TPSA) is 268 Å². The number of fused-ring (bicyclic) bond motifs is 2. The normalized spacial score (nSPS) is 11.4. The zero-order valence-electron chi connectivity index (χ0n) is 31.3. The Hall–Kier alpha value is -5.39. The van der Waals surface area contributed by atoms with Crippen molar-refractivity contribution in [2.45, 2.75) is 23.6 Å². The molecule has 0 aliphatic heterocycles. The molecule has 16 nitrogen and oxygen atoms in total. The van der Waals surface area contributed by atoms with Gasteiger partial charge in [0, 0.05) is 37.1 Å². The maximum atomic E-state index is 12.4. The van der Waals surface area contributed by atoms with Gasteiger partial charge in [0.2, 0.25) is 11.8 Å². The van der Waals surface area contributed by atoms with Crippen LogP contribution >= 0.6 is 0 Å². The predicted octanol–water partition coefficient (Wildman–Crippen LogP) is 2.53. The second-order valence-corrected chi connectivity index (χ2v) is 16.2. The molecule has 6 aromatic carbocycles. The molecule has 2 N–H and O–H groups in total. The van der Waals surface area contributed by atoms with Crippen molar-refractivity contribution in [1.29, 1.82) is 0 Å². The molecular weight excluding hydrogens is 840 g/mol. The molecule has 0 bridgehead atoms. The van der Waals surface area contributed by atoms with Crippen molar-refractivity contribution in [3.63, 3.8) is 0 Å². The first kappa shape index (κ1) is 47.0. The Labute approximate surface area is 365 Å². The van der Waals surface area contributed by atoms with Gasteiger partial charge >= 0.3 is 46.9 Å². The Balaban J connectivity index is 0.000000300. The van der Waals surface area contributed by atoms with E-state index < -0.39 is 42.7 Å². The van der Waals surface area contributed by atoms with Crippen LogP contribution in [0, 0.1) is 0 Å². The van der Waals surface area contributed by atoms with Gasteiger partial charge in [0.25, 0.3) is 0 Å². The number of hydrogen-bond acceptors (Lipinski definition) is 14. The smallest absolute Gasteiger partial charge is 0.871 e. The van der Waals surface area contributed by atoms with Gasteiger partial charge in [-0.15, -0.1) is 0 Å². The third-order valence-electron chi connectivity index (χ3n) is 7.82. The van der Waals surface area contributed by atoms with E-state index in [0.29, 0.717) is 32.9 Å². The summed E-state index contributed by atoms with van der Waals surface area (Å²) < 4.78 is 46.7. The fourth-order valence-corrected chi connectivity index (χ4v) is 6.57. The second kappa shape index (κ2) is 19.4. The Morgan fingerprint density at radius 2 is 0.862 bits per heavy atom. The molecule has 0 atom stereocenters.